The average Bonchev–Trinajstić information content (AvgIpc) is 2.13. The number of ketones is 1. The molecular weight excluding hydrogens is 229 g/mol. The van der Waals surface area contributed by atoms with Gasteiger partial charge in [0.2, 0.25) is 0 Å². The average molecular weight is 242 g/mol. The standard InChI is InChI=1S/C13H13F3O/c1-8(17)11-6-5-10(13(14,15)16)7-12(11)9-3-2-4-9/h5-7,9H,2-4H2,1H3. The lowest BCUT2D eigenvalue weighted by molar-refractivity contribution is -0.137. The highest BCUT2D eigenvalue weighted by atomic mass is 19.4. The van der Waals surface area contributed by atoms with E-state index in [1.807, 2.05) is 0 Å². The predicted molar refractivity (Wildman–Crippen MR) is 58.0 cm³/mol. The first kappa shape index (κ1) is 12.1. The van der Waals surface area contributed by atoms with Gasteiger partial charge >= 0.3 is 6.18 Å². The second-order valence-electron chi connectivity index (χ2n) is 4.48. The molecule has 92 valence electrons. The molecule has 0 aliphatic heterocycles. The number of carbonyl (C=O) groups is 1. The summed E-state index contributed by atoms with van der Waals surface area (Å²) in [6, 6.07) is 3.43. The van der Waals surface area contributed by atoms with Crippen molar-refractivity contribution in [2.24, 2.45) is 0 Å². The molecule has 1 aliphatic carbocycles. The Balaban J connectivity index is 2.46. The molecule has 4 heteroatoms. The van der Waals surface area contributed by atoms with E-state index in [2.05, 4.69) is 0 Å². The second-order valence-corrected chi connectivity index (χ2v) is 4.48. The monoisotopic (exact) mass is 242 g/mol. The van der Waals surface area contributed by atoms with Gasteiger partial charge in [0.15, 0.2) is 5.78 Å². The fourth-order valence-electron chi connectivity index (χ4n) is 2.12. The Kier molecular flexibility index (Phi) is 2.98. The molecule has 1 aromatic carbocycles. The summed E-state index contributed by atoms with van der Waals surface area (Å²) in [5, 5.41) is 0. The molecule has 0 aromatic heterocycles. The molecule has 0 atom stereocenters. The van der Waals surface area contributed by atoms with E-state index in [1.165, 1.54) is 13.0 Å². The van der Waals surface area contributed by atoms with Crippen LogP contribution in [0, 0.1) is 0 Å². The number of Topliss-reactive ketones (excluding diaryl/α,β-unsaturated/α-hetero) is 1. The van der Waals surface area contributed by atoms with E-state index >= 15 is 0 Å². The van der Waals surface area contributed by atoms with Crippen molar-refractivity contribution < 1.29 is 18.0 Å². The topological polar surface area (TPSA) is 17.1 Å². The van der Waals surface area contributed by atoms with E-state index < -0.39 is 11.7 Å². The summed E-state index contributed by atoms with van der Waals surface area (Å²) in [6.45, 7) is 1.39. The van der Waals surface area contributed by atoms with Crippen LogP contribution in [0.25, 0.3) is 0 Å². The molecule has 1 fully saturated rings. The van der Waals surface area contributed by atoms with Gasteiger partial charge in [-0.05, 0) is 43.4 Å². The molecule has 0 bridgehead atoms. The molecule has 2 rings (SSSR count). The van der Waals surface area contributed by atoms with Gasteiger partial charge in [0, 0.05) is 5.56 Å². The predicted octanol–water partition coefficient (Wildman–Crippen LogP) is 4.18. The molecule has 1 nitrogen and oxygen atoms in total. The highest BCUT2D eigenvalue weighted by Gasteiger charge is 2.33. The molecule has 1 aromatic rings. The maximum absolute atomic E-state index is 12.6. The highest BCUT2D eigenvalue weighted by molar-refractivity contribution is 5.95. The summed E-state index contributed by atoms with van der Waals surface area (Å²) in [5.41, 5.74) is 0.339. The third kappa shape index (κ3) is 2.35. The van der Waals surface area contributed by atoms with Crippen LogP contribution in [-0.2, 0) is 6.18 Å². The third-order valence-electron chi connectivity index (χ3n) is 3.30. The van der Waals surface area contributed by atoms with Crippen molar-refractivity contribution in [3.63, 3.8) is 0 Å². The fraction of sp³-hybridized carbons (Fsp3) is 0.462. The van der Waals surface area contributed by atoms with Crippen molar-refractivity contribution in [3.05, 3.63) is 34.9 Å². The smallest absolute Gasteiger partial charge is 0.295 e. The molecule has 0 radical (unpaired) electrons. The Hall–Kier alpha value is -1.32. The lowest BCUT2D eigenvalue weighted by Gasteiger charge is -2.28. The van der Waals surface area contributed by atoms with Gasteiger partial charge in [-0.15, -0.1) is 0 Å². The largest absolute Gasteiger partial charge is 0.416 e. The maximum Gasteiger partial charge on any atom is 0.416 e. The number of hydrogen-bond acceptors (Lipinski definition) is 1. The quantitative estimate of drug-likeness (QED) is 0.711. The Morgan fingerprint density at radius 2 is 1.94 bits per heavy atom. The second kappa shape index (κ2) is 4.17. The molecule has 0 N–H and O–H groups in total. The van der Waals surface area contributed by atoms with Crippen LogP contribution < -0.4 is 0 Å². The SMILES string of the molecule is CC(=O)c1ccc(C(F)(F)F)cc1C1CCC1. The van der Waals surface area contributed by atoms with Gasteiger partial charge in [0.05, 0.1) is 5.56 Å². The minimum atomic E-state index is -4.34. The van der Waals surface area contributed by atoms with Gasteiger partial charge < -0.3 is 0 Å². The molecule has 0 unspecified atom stereocenters. The van der Waals surface area contributed by atoms with Crippen LogP contribution in [0.3, 0.4) is 0 Å². The van der Waals surface area contributed by atoms with E-state index in [0.717, 1.165) is 31.4 Å². The number of benzene rings is 1. The minimum Gasteiger partial charge on any atom is -0.295 e. The van der Waals surface area contributed by atoms with Crippen LogP contribution >= 0.6 is 0 Å². The zero-order valence-electron chi connectivity index (χ0n) is 9.47. The van der Waals surface area contributed by atoms with Gasteiger partial charge in [-0.25, -0.2) is 0 Å². The molecule has 17 heavy (non-hydrogen) atoms. The van der Waals surface area contributed by atoms with Crippen molar-refractivity contribution in [1.29, 1.82) is 0 Å². The molecular formula is C13H13F3O. The van der Waals surface area contributed by atoms with Crippen LogP contribution in [-0.4, -0.2) is 5.78 Å². The summed E-state index contributed by atoms with van der Waals surface area (Å²) in [7, 11) is 0. The fourth-order valence-corrected chi connectivity index (χ4v) is 2.12. The number of hydrogen-bond donors (Lipinski definition) is 0. The van der Waals surface area contributed by atoms with Gasteiger partial charge in [-0.1, -0.05) is 12.5 Å². The third-order valence-corrected chi connectivity index (χ3v) is 3.30. The molecule has 0 heterocycles. The molecule has 0 saturated heterocycles. The Morgan fingerprint density at radius 1 is 1.29 bits per heavy atom. The van der Waals surface area contributed by atoms with Crippen molar-refractivity contribution in [2.45, 2.75) is 38.3 Å². The lowest BCUT2D eigenvalue weighted by Crippen LogP contribution is -2.15. The summed E-state index contributed by atoms with van der Waals surface area (Å²) in [6.07, 6.45) is -1.56. The van der Waals surface area contributed by atoms with Gasteiger partial charge in [0.1, 0.15) is 0 Å². The zero-order chi connectivity index (χ0) is 12.6. The maximum atomic E-state index is 12.6. The number of alkyl halides is 3. The van der Waals surface area contributed by atoms with Crippen LogP contribution in [0.5, 0.6) is 0 Å². The van der Waals surface area contributed by atoms with Crippen LogP contribution in [0.2, 0.25) is 0 Å². The van der Waals surface area contributed by atoms with Gasteiger partial charge in [-0.2, -0.15) is 13.2 Å². The first-order valence-electron chi connectivity index (χ1n) is 5.61. The Labute approximate surface area is 97.6 Å². The summed E-state index contributed by atoms with van der Waals surface area (Å²) < 4.78 is 37.8. The van der Waals surface area contributed by atoms with Crippen molar-refractivity contribution in [3.8, 4) is 0 Å². The number of carbonyl (C=O) groups excluding carboxylic acids is 1. The van der Waals surface area contributed by atoms with E-state index in [-0.39, 0.29) is 11.7 Å². The summed E-state index contributed by atoms with van der Waals surface area (Å²) in [5.74, 6) is -0.0446. The normalized spacial score (nSPS) is 16.7. The van der Waals surface area contributed by atoms with E-state index in [0.29, 0.717) is 11.1 Å². The zero-order valence-corrected chi connectivity index (χ0v) is 9.47. The molecule has 1 saturated carbocycles. The van der Waals surface area contributed by atoms with Crippen molar-refractivity contribution in [2.75, 3.05) is 0 Å². The Morgan fingerprint density at radius 3 is 2.35 bits per heavy atom. The van der Waals surface area contributed by atoms with Crippen molar-refractivity contribution >= 4 is 5.78 Å². The van der Waals surface area contributed by atoms with Gasteiger partial charge in [0.25, 0.3) is 0 Å². The summed E-state index contributed by atoms with van der Waals surface area (Å²) in [4.78, 5) is 11.4. The van der Waals surface area contributed by atoms with Crippen LogP contribution in [0.1, 0.15) is 53.6 Å². The highest BCUT2D eigenvalue weighted by Crippen LogP contribution is 2.40. The van der Waals surface area contributed by atoms with Crippen molar-refractivity contribution in [1.82, 2.24) is 0 Å². The Bertz CT molecular complexity index is 444. The number of rotatable bonds is 2. The van der Waals surface area contributed by atoms with E-state index in [4.69, 9.17) is 0 Å². The first-order chi connectivity index (χ1) is 7.89. The number of halogens is 3. The van der Waals surface area contributed by atoms with Crippen LogP contribution in [0.4, 0.5) is 13.2 Å². The lowest BCUT2D eigenvalue weighted by atomic mass is 9.77. The van der Waals surface area contributed by atoms with E-state index in [1.54, 1.807) is 0 Å². The van der Waals surface area contributed by atoms with Crippen LogP contribution in [0.15, 0.2) is 18.2 Å². The molecule has 0 spiro atoms. The van der Waals surface area contributed by atoms with E-state index in [9.17, 15) is 18.0 Å². The molecule has 0 amide bonds. The summed E-state index contributed by atoms with van der Waals surface area (Å²) >= 11 is 0. The van der Waals surface area contributed by atoms with Gasteiger partial charge in [-0.3, -0.25) is 4.79 Å². The first-order valence-corrected chi connectivity index (χ1v) is 5.61. The molecule has 1 aliphatic rings. The minimum absolute atomic E-state index is 0.121.